The molecule has 1 aromatic heterocycles. The number of hydrogen-bond donors (Lipinski definition) is 2. The highest BCUT2D eigenvalue weighted by atomic mass is 127. The molecular formula is C20H32IN5. The normalized spacial score (nSPS) is 11.1. The topological polar surface area (TPSA) is 54.2 Å². The van der Waals surface area contributed by atoms with Crippen LogP contribution < -0.4 is 10.6 Å². The Morgan fingerprint density at radius 2 is 1.88 bits per heavy atom. The second kappa shape index (κ2) is 12.7. The quantitative estimate of drug-likeness (QED) is 0.255. The molecule has 0 bridgehead atoms. The number of nitrogens with zero attached hydrogens (tertiary/aromatic N) is 3. The molecule has 6 heteroatoms. The minimum absolute atomic E-state index is 0. The van der Waals surface area contributed by atoms with E-state index in [0.717, 1.165) is 57.1 Å². The third-order valence-corrected chi connectivity index (χ3v) is 4.02. The van der Waals surface area contributed by atoms with Gasteiger partial charge in [0.2, 0.25) is 0 Å². The molecule has 2 N–H and O–H groups in total. The van der Waals surface area contributed by atoms with E-state index in [1.54, 1.807) is 0 Å². The van der Waals surface area contributed by atoms with Crippen LogP contribution in [-0.2, 0) is 13.0 Å². The zero-order chi connectivity index (χ0) is 17.9. The predicted molar refractivity (Wildman–Crippen MR) is 120 cm³/mol. The third kappa shape index (κ3) is 8.21. The van der Waals surface area contributed by atoms with E-state index < -0.39 is 0 Å². The van der Waals surface area contributed by atoms with Gasteiger partial charge in [0.25, 0.3) is 0 Å². The molecule has 0 radical (unpaired) electrons. The number of rotatable bonds is 9. The van der Waals surface area contributed by atoms with Crippen LogP contribution in [0.3, 0.4) is 0 Å². The summed E-state index contributed by atoms with van der Waals surface area (Å²) in [5.41, 5.74) is 3.68. The first-order valence-electron chi connectivity index (χ1n) is 9.26. The second-order valence-corrected chi connectivity index (χ2v) is 6.28. The Balaban J connectivity index is 0.00000338. The van der Waals surface area contributed by atoms with Gasteiger partial charge in [-0.3, -0.25) is 9.67 Å². The fraction of sp³-hybridized carbons (Fsp3) is 0.500. The van der Waals surface area contributed by atoms with Crippen LogP contribution in [0.1, 0.15) is 36.7 Å². The Morgan fingerprint density at radius 1 is 1.12 bits per heavy atom. The Hall–Kier alpha value is -1.57. The predicted octanol–water partition coefficient (Wildman–Crippen LogP) is 3.70. The summed E-state index contributed by atoms with van der Waals surface area (Å²) in [4.78, 5) is 4.66. The van der Waals surface area contributed by atoms with Crippen molar-refractivity contribution in [2.24, 2.45) is 4.99 Å². The highest BCUT2D eigenvalue weighted by Crippen LogP contribution is 2.03. The molecule has 0 spiro atoms. The Kier molecular flexibility index (Phi) is 11.0. The fourth-order valence-corrected chi connectivity index (χ4v) is 2.80. The maximum atomic E-state index is 4.66. The van der Waals surface area contributed by atoms with Crippen LogP contribution in [0.15, 0.2) is 41.4 Å². The van der Waals surface area contributed by atoms with Gasteiger partial charge >= 0.3 is 0 Å². The van der Waals surface area contributed by atoms with Crippen molar-refractivity contribution in [1.29, 1.82) is 0 Å². The Morgan fingerprint density at radius 3 is 2.54 bits per heavy atom. The maximum absolute atomic E-state index is 4.66. The smallest absolute Gasteiger partial charge is 0.191 e. The number of hydrogen-bond acceptors (Lipinski definition) is 2. The van der Waals surface area contributed by atoms with Crippen molar-refractivity contribution in [2.45, 2.75) is 46.6 Å². The van der Waals surface area contributed by atoms with Crippen LogP contribution in [0.4, 0.5) is 0 Å². The zero-order valence-electron chi connectivity index (χ0n) is 16.2. The van der Waals surface area contributed by atoms with Gasteiger partial charge in [-0.2, -0.15) is 5.10 Å². The molecule has 0 unspecified atom stereocenters. The van der Waals surface area contributed by atoms with Crippen molar-refractivity contribution >= 4 is 29.9 Å². The van der Waals surface area contributed by atoms with Crippen LogP contribution in [0.25, 0.3) is 0 Å². The molecule has 0 aliphatic rings. The summed E-state index contributed by atoms with van der Waals surface area (Å²) in [5.74, 6) is 0.906. The average Bonchev–Trinajstić information content (AvgIpc) is 2.93. The molecule has 2 rings (SSSR count). The Labute approximate surface area is 174 Å². The molecule has 0 atom stereocenters. The van der Waals surface area contributed by atoms with E-state index in [-0.39, 0.29) is 24.0 Å². The van der Waals surface area contributed by atoms with Crippen molar-refractivity contribution in [2.75, 3.05) is 19.6 Å². The van der Waals surface area contributed by atoms with Crippen LogP contribution in [-0.4, -0.2) is 35.4 Å². The van der Waals surface area contributed by atoms with E-state index in [1.165, 1.54) is 11.3 Å². The van der Waals surface area contributed by atoms with E-state index in [1.807, 2.05) is 6.92 Å². The van der Waals surface area contributed by atoms with Gasteiger partial charge in [0.05, 0.1) is 5.69 Å². The summed E-state index contributed by atoms with van der Waals surface area (Å²) >= 11 is 0. The summed E-state index contributed by atoms with van der Waals surface area (Å²) in [6, 6.07) is 12.7. The Bertz CT molecular complexity index is 651. The summed E-state index contributed by atoms with van der Waals surface area (Å²) in [5, 5.41) is 11.2. The van der Waals surface area contributed by atoms with E-state index >= 15 is 0 Å². The maximum Gasteiger partial charge on any atom is 0.191 e. The van der Waals surface area contributed by atoms with Crippen molar-refractivity contribution < 1.29 is 0 Å². The summed E-state index contributed by atoms with van der Waals surface area (Å²) in [6.45, 7) is 9.74. The standard InChI is InChI=1S/C20H31N5.HI/c1-4-21-20(22-13-8-12-19-10-6-5-7-11-19)23-14-9-15-25-18(3)16-17(2)24-25;/h5-7,10-11,16H,4,8-9,12-15H2,1-3H3,(H2,21,22,23);1H. The number of nitrogens with one attached hydrogen (secondary N) is 2. The number of aryl methyl sites for hydroxylation is 4. The lowest BCUT2D eigenvalue weighted by atomic mass is 10.1. The fourth-order valence-electron chi connectivity index (χ4n) is 2.80. The highest BCUT2D eigenvalue weighted by Gasteiger charge is 2.01. The first-order valence-corrected chi connectivity index (χ1v) is 9.26. The van der Waals surface area contributed by atoms with Crippen molar-refractivity contribution in [1.82, 2.24) is 20.4 Å². The van der Waals surface area contributed by atoms with Crippen LogP contribution in [0.2, 0.25) is 0 Å². The zero-order valence-corrected chi connectivity index (χ0v) is 18.5. The van der Waals surface area contributed by atoms with Crippen molar-refractivity contribution in [3.8, 4) is 0 Å². The van der Waals surface area contributed by atoms with Crippen molar-refractivity contribution in [3.63, 3.8) is 0 Å². The first kappa shape index (κ1) is 22.5. The summed E-state index contributed by atoms with van der Waals surface area (Å²) in [6.07, 6.45) is 3.17. The molecule has 0 aliphatic carbocycles. The molecule has 0 saturated carbocycles. The molecule has 1 aromatic carbocycles. The molecular weight excluding hydrogens is 437 g/mol. The molecule has 0 amide bonds. The molecule has 5 nitrogen and oxygen atoms in total. The molecule has 0 aliphatic heterocycles. The minimum Gasteiger partial charge on any atom is -0.357 e. The number of halogens is 1. The molecule has 1 heterocycles. The van der Waals surface area contributed by atoms with Gasteiger partial charge in [0, 0.05) is 31.9 Å². The average molecular weight is 469 g/mol. The number of aromatic nitrogens is 2. The largest absolute Gasteiger partial charge is 0.357 e. The molecule has 2 aromatic rings. The van der Waals surface area contributed by atoms with Gasteiger partial charge in [-0.25, -0.2) is 0 Å². The van der Waals surface area contributed by atoms with E-state index in [0.29, 0.717) is 0 Å². The lowest BCUT2D eigenvalue weighted by molar-refractivity contribution is 0.567. The molecule has 0 saturated heterocycles. The van der Waals surface area contributed by atoms with Gasteiger partial charge in [-0.05, 0) is 51.7 Å². The van der Waals surface area contributed by atoms with Crippen molar-refractivity contribution in [3.05, 3.63) is 53.3 Å². The number of benzene rings is 1. The monoisotopic (exact) mass is 469 g/mol. The number of guanidine groups is 1. The first-order chi connectivity index (χ1) is 12.2. The summed E-state index contributed by atoms with van der Waals surface area (Å²) < 4.78 is 2.06. The van der Waals surface area contributed by atoms with Crippen LogP contribution in [0, 0.1) is 13.8 Å². The van der Waals surface area contributed by atoms with E-state index in [2.05, 4.69) is 75.7 Å². The van der Waals surface area contributed by atoms with Gasteiger partial charge < -0.3 is 10.6 Å². The van der Waals surface area contributed by atoms with Crippen LogP contribution in [0.5, 0.6) is 0 Å². The molecule has 144 valence electrons. The van der Waals surface area contributed by atoms with Gasteiger partial charge in [-0.1, -0.05) is 30.3 Å². The minimum atomic E-state index is 0. The van der Waals surface area contributed by atoms with Gasteiger partial charge in [0.15, 0.2) is 5.96 Å². The lowest BCUT2D eigenvalue weighted by Gasteiger charge is -2.11. The van der Waals surface area contributed by atoms with E-state index in [9.17, 15) is 0 Å². The summed E-state index contributed by atoms with van der Waals surface area (Å²) in [7, 11) is 0. The van der Waals surface area contributed by atoms with Crippen LogP contribution >= 0.6 is 24.0 Å². The third-order valence-electron chi connectivity index (χ3n) is 4.02. The highest BCUT2D eigenvalue weighted by molar-refractivity contribution is 14.0. The van der Waals surface area contributed by atoms with Gasteiger partial charge in [-0.15, -0.1) is 24.0 Å². The van der Waals surface area contributed by atoms with E-state index in [4.69, 9.17) is 0 Å². The second-order valence-electron chi connectivity index (χ2n) is 6.28. The number of aliphatic imine (C=N–C) groups is 1. The molecule has 26 heavy (non-hydrogen) atoms. The lowest BCUT2D eigenvalue weighted by Crippen LogP contribution is -2.38. The SMILES string of the molecule is CCNC(=NCCCn1nc(C)cc1C)NCCCc1ccccc1.I. The molecule has 0 fully saturated rings. The van der Waals surface area contributed by atoms with Gasteiger partial charge in [0.1, 0.15) is 0 Å².